The highest BCUT2D eigenvalue weighted by atomic mass is 79.9. The Hall–Kier alpha value is -2.26. The molecule has 0 saturated carbocycles. The van der Waals surface area contributed by atoms with E-state index < -0.39 is 22.5 Å². The Morgan fingerprint density at radius 2 is 1.77 bits per heavy atom. The van der Waals surface area contributed by atoms with Gasteiger partial charge in [0, 0.05) is 10.5 Å². The fourth-order valence-corrected chi connectivity index (χ4v) is 4.10. The van der Waals surface area contributed by atoms with Gasteiger partial charge in [-0.25, -0.2) is 8.42 Å². The highest BCUT2D eigenvalue weighted by molar-refractivity contribution is 9.10. The Bertz CT molecular complexity index is 913. The lowest BCUT2D eigenvalue weighted by atomic mass is 10.3. The molecule has 7 nitrogen and oxygen atoms in total. The van der Waals surface area contributed by atoms with Crippen molar-refractivity contribution in [2.24, 2.45) is 0 Å². The second-order valence-corrected chi connectivity index (χ2v) is 8.15. The zero-order valence-corrected chi connectivity index (χ0v) is 16.2. The van der Waals surface area contributed by atoms with Crippen LogP contribution in [0.5, 0.6) is 11.5 Å². The summed E-state index contributed by atoms with van der Waals surface area (Å²) >= 11 is 3.31. The predicted molar refractivity (Wildman–Crippen MR) is 98.1 cm³/mol. The van der Waals surface area contributed by atoms with E-state index in [2.05, 4.69) is 20.7 Å². The molecule has 0 atom stereocenters. The van der Waals surface area contributed by atoms with Crippen LogP contribution in [0.3, 0.4) is 0 Å². The Balaban J connectivity index is 2.03. The molecule has 2 aromatic carbocycles. The van der Waals surface area contributed by atoms with Crippen LogP contribution in [0.1, 0.15) is 0 Å². The molecular weight excluding hydrogens is 426 g/mol. The second-order valence-electron chi connectivity index (χ2n) is 5.37. The van der Waals surface area contributed by atoms with Gasteiger partial charge in [-0.05, 0) is 36.4 Å². The summed E-state index contributed by atoms with van der Waals surface area (Å²) in [6.45, 7) is 0.302. The largest absolute Gasteiger partial charge is 0.486 e. The average Bonchev–Trinajstić information content (AvgIpc) is 2.66. The van der Waals surface area contributed by atoms with Crippen molar-refractivity contribution in [3.8, 4) is 11.5 Å². The molecule has 0 spiro atoms. The van der Waals surface area contributed by atoms with Gasteiger partial charge < -0.3 is 14.2 Å². The third-order valence-electron chi connectivity index (χ3n) is 3.72. The molecule has 0 bridgehead atoms. The van der Waals surface area contributed by atoms with Gasteiger partial charge in [-0.2, -0.15) is 0 Å². The fourth-order valence-electron chi connectivity index (χ4n) is 2.42. The monoisotopic (exact) mass is 441 g/mol. The van der Waals surface area contributed by atoms with Gasteiger partial charge in [0.2, 0.25) is 0 Å². The van der Waals surface area contributed by atoms with Crippen LogP contribution in [0, 0.1) is 0 Å². The zero-order valence-electron chi connectivity index (χ0n) is 13.8. The van der Waals surface area contributed by atoms with E-state index >= 15 is 0 Å². The number of benzene rings is 2. The number of rotatable bonds is 5. The van der Waals surface area contributed by atoms with Crippen molar-refractivity contribution >= 4 is 37.6 Å². The van der Waals surface area contributed by atoms with E-state index in [1.165, 1.54) is 19.2 Å². The summed E-state index contributed by atoms with van der Waals surface area (Å²) in [5, 5.41) is 0. The number of nitrogens with zero attached hydrogens (tertiary/aromatic N) is 1. The lowest BCUT2D eigenvalue weighted by Crippen LogP contribution is -2.36. The summed E-state index contributed by atoms with van der Waals surface area (Å²) in [6, 6.07) is 10.9. The van der Waals surface area contributed by atoms with Crippen LogP contribution in [0.4, 0.5) is 5.69 Å². The summed E-state index contributed by atoms with van der Waals surface area (Å²) in [5.41, 5.74) is 0.341. The number of methoxy groups -OCH3 is 1. The van der Waals surface area contributed by atoms with Crippen molar-refractivity contribution in [2.75, 3.05) is 31.2 Å². The summed E-state index contributed by atoms with van der Waals surface area (Å²) in [4.78, 5) is 11.8. The first-order valence-corrected chi connectivity index (χ1v) is 9.90. The Labute approximate surface area is 159 Å². The molecule has 26 heavy (non-hydrogen) atoms. The van der Waals surface area contributed by atoms with Gasteiger partial charge in [0.25, 0.3) is 10.0 Å². The zero-order chi connectivity index (χ0) is 18.7. The quantitative estimate of drug-likeness (QED) is 0.663. The molecule has 0 fully saturated rings. The molecule has 1 aliphatic heterocycles. The van der Waals surface area contributed by atoms with Gasteiger partial charge in [-0.1, -0.05) is 15.9 Å². The van der Waals surface area contributed by atoms with Crippen molar-refractivity contribution in [1.82, 2.24) is 0 Å². The molecule has 0 saturated heterocycles. The van der Waals surface area contributed by atoms with Crippen LogP contribution in [0.25, 0.3) is 0 Å². The van der Waals surface area contributed by atoms with E-state index in [4.69, 9.17) is 9.47 Å². The van der Waals surface area contributed by atoms with Gasteiger partial charge in [-0.15, -0.1) is 0 Å². The lowest BCUT2D eigenvalue weighted by molar-refractivity contribution is -0.138. The van der Waals surface area contributed by atoms with Crippen LogP contribution >= 0.6 is 15.9 Å². The maximum absolute atomic E-state index is 13.2. The Morgan fingerprint density at radius 3 is 2.42 bits per heavy atom. The van der Waals surface area contributed by atoms with Crippen molar-refractivity contribution in [3.63, 3.8) is 0 Å². The summed E-state index contributed by atoms with van der Waals surface area (Å²) in [7, 11) is -2.82. The number of ether oxygens (including phenoxy) is 3. The van der Waals surface area contributed by atoms with Crippen molar-refractivity contribution in [1.29, 1.82) is 0 Å². The summed E-state index contributed by atoms with van der Waals surface area (Å²) < 4.78 is 43.6. The molecule has 0 amide bonds. The minimum Gasteiger partial charge on any atom is -0.486 e. The fraction of sp³-hybridized carbons (Fsp3) is 0.235. The van der Waals surface area contributed by atoms with Gasteiger partial charge in [0.15, 0.2) is 11.5 Å². The minimum atomic E-state index is -4.02. The number of esters is 1. The maximum atomic E-state index is 13.2. The molecule has 0 unspecified atom stereocenters. The highest BCUT2D eigenvalue weighted by Gasteiger charge is 2.29. The molecule has 1 heterocycles. The molecule has 0 N–H and O–H groups in total. The van der Waals surface area contributed by atoms with E-state index in [0.717, 1.165) is 8.78 Å². The molecule has 1 aliphatic rings. The molecule has 9 heteroatoms. The first-order valence-electron chi connectivity index (χ1n) is 7.66. The molecule has 2 aromatic rings. The van der Waals surface area contributed by atoms with Gasteiger partial charge in [0.1, 0.15) is 19.8 Å². The number of sulfonamides is 1. The SMILES string of the molecule is COC(=O)CN(c1ccc(Br)cc1)S(=O)(=O)c1ccc2c(c1)OCCO2. The summed E-state index contributed by atoms with van der Waals surface area (Å²) in [6.07, 6.45) is 0. The van der Waals surface area contributed by atoms with Crippen molar-refractivity contribution in [3.05, 3.63) is 46.9 Å². The van der Waals surface area contributed by atoms with Crippen LogP contribution in [0.15, 0.2) is 51.8 Å². The topological polar surface area (TPSA) is 82.1 Å². The van der Waals surface area contributed by atoms with Gasteiger partial charge in [0.05, 0.1) is 17.7 Å². The number of carbonyl (C=O) groups excluding carboxylic acids is 1. The summed E-state index contributed by atoms with van der Waals surface area (Å²) in [5.74, 6) is 0.165. The third kappa shape index (κ3) is 3.78. The molecule has 0 radical (unpaired) electrons. The molecule has 3 rings (SSSR count). The molecule has 0 aromatic heterocycles. The molecular formula is C17H16BrNO6S. The van der Waals surface area contributed by atoms with Crippen LogP contribution in [0.2, 0.25) is 0 Å². The van der Waals surface area contributed by atoms with E-state index in [1.807, 2.05) is 0 Å². The van der Waals surface area contributed by atoms with Crippen molar-refractivity contribution in [2.45, 2.75) is 4.90 Å². The van der Waals surface area contributed by atoms with E-state index in [0.29, 0.717) is 30.4 Å². The average molecular weight is 442 g/mol. The van der Waals surface area contributed by atoms with Gasteiger partial charge in [-0.3, -0.25) is 9.10 Å². The van der Waals surface area contributed by atoms with E-state index in [9.17, 15) is 13.2 Å². The number of halogens is 1. The normalized spacial score (nSPS) is 13.2. The maximum Gasteiger partial charge on any atom is 0.326 e. The minimum absolute atomic E-state index is 0.00595. The number of fused-ring (bicyclic) bond motifs is 1. The number of hydrogen-bond donors (Lipinski definition) is 0. The van der Waals surface area contributed by atoms with Crippen molar-refractivity contribution < 1.29 is 27.4 Å². The number of anilines is 1. The van der Waals surface area contributed by atoms with Crippen LogP contribution < -0.4 is 13.8 Å². The first kappa shape index (κ1) is 18.5. The standard InChI is InChI=1S/C17H16BrNO6S/c1-23-17(20)11-19(13-4-2-12(18)3-5-13)26(21,22)14-6-7-15-16(10-14)25-9-8-24-15/h2-7,10H,8-9,11H2,1H3. The third-order valence-corrected chi connectivity index (χ3v) is 6.02. The lowest BCUT2D eigenvalue weighted by Gasteiger charge is -2.24. The van der Waals surface area contributed by atoms with E-state index in [1.54, 1.807) is 30.3 Å². The molecule has 138 valence electrons. The van der Waals surface area contributed by atoms with Gasteiger partial charge >= 0.3 is 5.97 Å². The Kier molecular flexibility index (Phi) is 5.38. The molecule has 0 aliphatic carbocycles. The highest BCUT2D eigenvalue weighted by Crippen LogP contribution is 2.34. The van der Waals surface area contributed by atoms with E-state index in [-0.39, 0.29) is 4.90 Å². The van der Waals surface area contributed by atoms with Crippen LogP contribution in [-0.2, 0) is 19.6 Å². The number of carbonyl (C=O) groups is 1. The van der Waals surface area contributed by atoms with Crippen LogP contribution in [-0.4, -0.2) is 41.3 Å². The Morgan fingerprint density at radius 1 is 1.12 bits per heavy atom. The smallest absolute Gasteiger partial charge is 0.326 e. The number of hydrogen-bond acceptors (Lipinski definition) is 6. The second kappa shape index (κ2) is 7.55. The predicted octanol–water partition coefficient (Wildman–Crippen LogP) is 2.59. The first-order chi connectivity index (χ1) is 12.4.